The Bertz CT molecular complexity index is 1700. The van der Waals surface area contributed by atoms with Gasteiger partial charge in [0.1, 0.15) is 5.75 Å². The van der Waals surface area contributed by atoms with Crippen LogP contribution in [0.1, 0.15) is 43.9 Å². The van der Waals surface area contributed by atoms with Gasteiger partial charge < -0.3 is 23.8 Å². The van der Waals surface area contributed by atoms with Gasteiger partial charge in [-0.1, -0.05) is 29.5 Å². The van der Waals surface area contributed by atoms with Crippen LogP contribution in [0.5, 0.6) is 17.2 Å². The van der Waals surface area contributed by atoms with E-state index in [9.17, 15) is 14.4 Å². The highest BCUT2D eigenvalue weighted by molar-refractivity contribution is 7.07. The fourth-order valence-electron chi connectivity index (χ4n) is 5.14. The van der Waals surface area contributed by atoms with E-state index in [1.54, 1.807) is 62.3 Å². The van der Waals surface area contributed by atoms with E-state index in [4.69, 9.17) is 18.9 Å². The molecule has 1 fully saturated rings. The second kappa shape index (κ2) is 12.6. The van der Waals surface area contributed by atoms with Gasteiger partial charge in [0.05, 0.1) is 42.7 Å². The molecule has 0 radical (unpaired) electrons. The lowest BCUT2D eigenvalue weighted by Gasteiger charge is -2.24. The second-order valence-electron chi connectivity index (χ2n) is 9.86. The molecule has 0 aliphatic carbocycles. The summed E-state index contributed by atoms with van der Waals surface area (Å²) in [6.07, 6.45) is 3.78. The third kappa shape index (κ3) is 5.82. The van der Waals surface area contributed by atoms with E-state index in [1.165, 1.54) is 23.0 Å². The Morgan fingerprint density at radius 3 is 2.45 bits per heavy atom. The van der Waals surface area contributed by atoms with E-state index >= 15 is 0 Å². The smallest absolute Gasteiger partial charge is 0.338 e. The molecule has 1 aromatic heterocycles. The van der Waals surface area contributed by atoms with Crippen LogP contribution in [0.3, 0.4) is 0 Å². The number of methoxy groups -OCH3 is 2. The van der Waals surface area contributed by atoms with Crippen LogP contribution >= 0.6 is 11.3 Å². The third-order valence-electron chi connectivity index (χ3n) is 7.24. The molecule has 220 valence electrons. The summed E-state index contributed by atoms with van der Waals surface area (Å²) in [5, 5.41) is 0. The molecule has 42 heavy (non-hydrogen) atoms. The molecule has 1 atom stereocenters. The molecule has 10 nitrogen and oxygen atoms in total. The monoisotopic (exact) mass is 591 g/mol. The minimum atomic E-state index is -0.716. The zero-order valence-electron chi connectivity index (χ0n) is 24.0. The molecule has 2 aliphatic rings. The predicted octanol–water partition coefficient (Wildman–Crippen LogP) is 2.82. The van der Waals surface area contributed by atoms with E-state index in [0.29, 0.717) is 43.4 Å². The molecule has 3 heterocycles. The molecule has 0 saturated carbocycles. The average molecular weight is 592 g/mol. The number of allylic oxidation sites excluding steroid dienone is 1. The van der Waals surface area contributed by atoms with Crippen molar-refractivity contribution >= 4 is 29.3 Å². The Morgan fingerprint density at radius 2 is 1.79 bits per heavy atom. The molecule has 2 aliphatic heterocycles. The summed E-state index contributed by atoms with van der Waals surface area (Å²) < 4.78 is 23.9. The Morgan fingerprint density at radius 1 is 1.05 bits per heavy atom. The summed E-state index contributed by atoms with van der Waals surface area (Å²) >= 11 is 1.23. The Kier molecular flexibility index (Phi) is 8.77. The number of nitrogens with zero attached hydrogens (tertiary/aromatic N) is 3. The molecule has 3 aromatic rings. The van der Waals surface area contributed by atoms with Gasteiger partial charge in [0.15, 0.2) is 22.9 Å². The second-order valence-corrected chi connectivity index (χ2v) is 10.9. The van der Waals surface area contributed by atoms with Gasteiger partial charge in [0.2, 0.25) is 0 Å². The minimum absolute atomic E-state index is 0.0522. The van der Waals surface area contributed by atoms with Gasteiger partial charge in [-0.05, 0) is 68.2 Å². The lowest BCUT2D eigenvalue weighted by molar-refractivity contribution is -0.139. The van der Waals surface area contributed by atoms with Crippen LogP contribution in [0.15, 0.2) is 63.5 Å². The highest BCUT2D eigenvalue weighted by Crippen LogP contribution is 2.32. The summed E-state index contributed by atoms with van der Waals surface area (Å²) in [4.78, 5) is 46.3. The molecule has 0 N–H and O–H groups in total. The zero-order valence-corrected chi connectivity index (χ0v) is 24.9. The van der Waals surface area contributed by atoms with Crippen molar-refractivity contribution in [2.24, 2.45) is 4.99 Å². The largest absolute Gasteiger partial charge is 0.497 e. The van der Waals surface area contributed by atoms with Crippen molar-refractivity contribution in [3.05, 3.63) is 84.5 Å². The first-order chi connectivity index (χ1) is 20.3. The highest BCUT2D eigenvalue weighted by atomic mass is 32.1. The quantitative estimate of drug-likeness (QED) is 0.352. The van der Waals surface area contributed by atoms with E-state index < -0.39 is 12.0 Å². The van der Waals surface area contributed by atoms with E-state index in [1.807, 2.05) is 12.1 Å². The Balaban J connectivity index is 1.51. The van der Waals surface area contributed by atoms with Gasteiger partial charge in [-0.2, -0.15) is 0 Å². The summed E-state index contributed by atoms with van der Waals surface area (Å²) in [7, 11) is 3.10. The third-order valence-corrected chi connectivity index (χ3v) is 8.23. The van der Waals surface area contributed by atoms with Crippen molar-refractivity contribution in [1.29, 1.82) is 0 Å². The van der Waals surface area contributed by atoms with E-state index in [-0.39, 0.29) is 24.7 Å². The molecule has 5 rings (SSSR count). The number of carbonyl (C=O) groups is 2. The number of likely N-dealkylation sites (tertiary alicyclic amines) is 1. The first-order valence-corrected chi connectivity index (χ1v) is 14.6. The van der Waals surface area contributed by atoms with Gasteiger partial charge in [0.25, 0.3) is 11.5 Å². The highest BCUT2D eigenvalue weighted by Gasteiger charge is 2.33. The van der Waals surface area contributed by atoms with Crippen LogP contribution in [0.4, 0.5) is 0 Å². The van der Waals surface area contributed by atoms with Crippen LogP contribution in [0.25, 0.3) is 6.08 Å². The number of carbonyl (C=O) groups excluding carboxylic acids is 2. The van der Waals surface area contributed by atoms with Crippen LogP contribution in [-0.2, 0) is 14.3 Å². The molecule has 1 amide bonds. The number of hydrogen-bond donors (Lipinski definition) is 0. The number of hydrogen-bond acceptors (Lipinski definition) is 9. The molecular formula is C31H33N3O7S. The molecule has 1 saturated heterocycles. The summed E-state index contributed by atoms with van der Waals surface area (Å²) in [6, 6.07) is 11.8. The molecule has 11 heteroatoms. The number of aromatic nitrogens is 1. The summed E-state index contributed by atoms with van der Waals surface area (Å²) in [6.45, 7) is 5.13. The SMILES string of the molecule is CCOC(=O)C1=C(C)N=c2s/c(=C/c3ccc(OCC(=O)N4CCCC4)c(OC)c3)c(=O)n2[C@H]1c1ccc(OC)cc1. The average Bonchev–Trinajstić information content (AvgIpc) is 3.64. The lowest BCUT2D eigenvalue weighted by Crippen LogP contribution is -2.39. The first-order valence-electron chi connectivity index (χ1n) is 13.8. The van der Waals surface area contributed by atoms with Crippen molar-refractivity contribution < 1.29 is 28.5 Å². The molecule has 0 spiro atoms. The summed E-state index contributed by atoms with van der Waals surface area (Å²) in [5.41, 5.74) is 1.95. The maximum Gasteiger partial charge on any atom is 0.338 e. The number of esters is 1. The van der Waals surface area contributed by atoms with Crippen LogP contribution < -0.4 is 29.1 Å². The molecule has 0 unspecified atom stereocenters. The topological polar surface area (TPSA) is 109 Å². The fourth-order valence-corrected chi connectivity index (χ4v) is 6.18. The Labute approximate surface area is 247 Å². The number of ether oxygens (including phenoxy) is 4. The number of thiazole rings is 1. The van der Waals surface area contributed by atoms with Crippen LogP contribution in [0, 0.1) is 0 Å². The number of amides is 1. The van der Waals surface area contributed by atoms with Crippen molar-refractivity contribution in [2.75, 3.05) is 40.5 Å². The van der Waals surface area contributed by atoms with Crippen molar-refractivity contribution in [3.8, 4) is 17.2 Å². The lowest BCUT2D eigenvalue weighted by atomic mass is 9.96. The van der Waals surface area contributed by atoms with Gasteiger partial charge in [-0.15, -0.1) is 0 Å². The minimum Gasteiger partial charge on any atom is -0.497 e. The van der Waals surface area contributed by atoms with Crippen molar-refractivity contribution in [1.82, 2.24) is 9.47 Å². The number of fused-ring (bicyclic) bond motifs is 1. The zero-order chi connectivity index (χ0) is 29.8. The van der Waals surface area contributed by atoms with Gasteiger partial charge in [-0.25, -0.2) is 9.79 Å². The van der Waals surface area contributed by atoms with Crippen molar-refractivity contribution in [2.45, 2.75) is 32.7 Å². The van der Waals surface area contributed by atoms with E-state index in [2.05, 4.69) is 4.99 Å². The fraction of sp³-hybridized carbons (Fsp3) is 0.355. The Hall–Kier alpha value is -4.38. The maximum atomic E-state index is 13.9. The molecular weight excluding hydrogens is 558 g/mol. The van der Waals surface area contributed by atoms with Gasteiger partial charge >= 0.3 is 5.97 Å². The normalized spacial score (nSPS) is 16.6. The van der Waals surface area contributed by atoms with Crippen LogP contribution in [0.2, 0.25) is 0 Å². The van der Waals surface area contributed by atoms with E-state index in [0.717, 1.165) is 31.5 Å². The van der Waals surface area contributed by atoms with Gasteiger partial charge in [-0.3, -0.25) is 14.2 Å². The predicted molar refractivity (Wildman–Crippen MR) is 158 cm³/mol. The maximum absolute atomic E-state index is 13.9. The number of rotatable bonds is 9. The summed E-state index contributed by atoms with van der Waals surface area (Å²) in [5.74, 6) is 0.979. The van der Waals surface area contributed by atoms with Crippen molar-refractivity contribution in [3.63, 3.8) is 0 Å². The standard InChI is InChI=1S/C31H33N3O7S/c1-5-40-30(37)27-19(2)32-31-34(28(27)21-9-11-22(38-3)12-10-21)29(36)25(42-31)17-20-8-13-23(24(16-20)39-4)41-18-26(35)33-14-6-7-15-33/h8-13,16-17,28H,5-7,14-15,18H2,1-4H3/b25-17+/t28-/m0/s1. The number of benzene rings is 2. The molecule has 2 aromatic carbocycles. The van der Waals surface area contributed by atoms with Crippen LogP contribution in [-0.4, -0.2) is 61.9 Å². The molecule has 0 bridgehead atoms. The van der Waals surface area contributed by atoms with Gasteiger partial charge in [0, 0.05) is 13.1 Å². The first kappa shape index (κ1) is 29.1.